The second kappa shape index (κ2) is 5.20. The largest absolute Gasteiger partial charge is 0.377 e. The van der Waals surface area contributed by atoms with E-state index < -0.39 is 0 Å². The quantitative estimate of drug-likeness (QED) is 0.821. The molecule has 1 fully saturated rings. The van der Waals surface area contributed by atoms with Gasteiger partial charge in [0.15, 0.2) is 0 Å². The normalized spacial score (nSPS) is 24.1. The number of rotatable bonds is 2. The molecule has 0 aliphatic carbocycles. The molecule has 0 aromatic carbocycles. The van der Waals surface area contributed by atoms with Crippen LogP contribution in [-0.4, -0.2) is 46.6 Å². The number of amides is 1. The Morgan fingerprint density at radius 2 is 2.33 bits per heavy atom. The molecule has 1 saturated heterocycles. The molecule has 0 N–H and O–H groups in total. The summed E-state index contributed by atoms with van der Waals surface area (Å²) in [5.41, 5.74) is 0.00256. The predicted octanol–water partition coefficient (Wildman–Crippen LogP) is 1.77. The predicted molar refractivity (Wildman–Crippen MR) is 67.6 cm³/mol. The van der Waals surface area contributed by atoms with Crippen molar-refractivity contribution < 1.29 is 9.53 Å². The lowest BCUT2D eigenvalue weighted by Gasteiger charge is -2.39. The van der Waals surface area contributed by atoms with Crippen molar-refractivity contribution in [2.75, 3.05) is 20.2 Å². The van der Waals surface area contributed by atoms with Crippen molar-refractivity contribution in [2.24, 2.45) is 0 Å². The van der Waals surface area contributed by atoms with E-state index >= 15 is 0 Å². The Balaban J connectivity index is 2.14. The summed E-state index contributed by atoms with van der Waals surface area (Å²) in [5, 5.41) is 0.229. The topological polar surface area (TPSA) is 55.3 Å². The maximum absolute atomic E-state index is 12.3. The van der Waals surface area contributed by atoms with E-state index in [1.807, 2.05) is 6.92 Å². The number of nitrogens with zero attached hydrogens (tertiary/aromatic N) is 3. The van der Waals surface area contributed by atoms with Crippen LogP contribution in [0.25, 0.3) is 0 Å². The molecular weight excluding hydrogens is 254 g/mol. The first-order valence-corrected chi connectivity index (χ1v) is 6.24. The van der Waals surface area contributed by atoms with Gasteiger partial charge in [-0.15, -0.1) is 0 Å². The number of hydrogen-bond donors (Lipinski definition) is 0. The zero-order valence-corrected chi connectivity index (χ0v) is 11.3. The van der Waals surface area contributed by atoms with Crippen LogP contribution in [0.2, 0.25) is 5.15 Å². The standard InChI is InChI=1S/C12H16ClN3O2/c1-12(18-2)4-3-5-16(8-12)11(17)9-6-14-7-10(13)15-9/h6-7H,3-5,8H2,1-2H3. The smallest absolute Gasteiger partial charge is 0.274 e. The molecule has 1 atom stereocenters. The highest BCUT2D eigenvalue weighted by Crippen LogP contribution is 2.24. The van der Waals surface area contributed by atoms with E-state index in [0.717, 1.165) is 12.8 Å². The molecule has 1 amide bonds. The molecule has 0 bridgehead atoms. The van der Waals surface area contributed by atoms with Crippen LogP contribution in [0.4, 0.5) is 0 Å². The fourth-order valence-corrected chi connectivity index (χ4v) is 2.30. The lowest BCUT2D eigenvalue weighted by Crippen LogP contribution is -2.49. The van der Waals surface area contributed by atoms with Gasteiger partial charge in [0.25, 0.3) is 5.91 Å². The molecule has 2 rings (SSSR count). The molecule has 1 aliphatic heterocycles. The third-order valence-corrected chi connectivity index (χ3v) is 3.45. The van der Waals surface area contributed by atoms with Gasteiger partial charge < -0.3 is 9.64 Å². The van der Waals surface area contributed by atoms with Crippen LogP contribution in [0.3, 0.4) is 0 Å². The molecule has 2 heterocycles. The molecule has 1 unspecified atom stereocenters. The number of aromatic nitrogens is 2. The molecule has 1 aromatic rings. The highest BCUT2D eigenvalue weighted by atomic mass is 35.5. The molecule has 0 saturated carbocycles. The second-order valence-corrected chi connectivity index (χ2v) is 5.10. The first-order valence-electron chi connectivity index (χ1n) is 5.86. The zero-order chi connectivity index (χ0) is 13.2. The Labute approximate surface area is 111 Å². The summed E-state index contributed by atoms with van der Waals surface area (Å²) in [5.74, 6) is -0.145. The van der Waals surface area contributed by atoms with Gasteiger partial charge in [0.1, 0.15) is 10.8 Å². The number of ether oxygens (including phenoxy) is 1. The number of carbonyl (C=O) groups is 1. The third kappa shape index (κ3) is 2.79. The Hall–Kier alpha value is -1.20. The van der Waals surface area contributed by atoms with Crippen LogP contribution >= 0.6 is 11.6 Å². The highest BCUT2D eigenvalue weighted by molar-refractivity contribution is 6.29. The van der Waals surface area contributed by atoms with E-state index in [1.54, 1.807) is 12.0 Å². The molecule has 6 heteroatoms. The summed E-state index contributed by atoms with van der Waals surface area (Å²) in [6.45, 7) is 3.29. The summed E-state index contributed by atoms with van der Waals surface area (Å²) in [7, 11) is 1.67. The van der Waals surface area contributed by atoms with Gasteiger partial charge in [-0.3, -0.25) is 9.78 Å². The fourth-order valence-electron chi connectivity index (χ4n) is 2.15. The van der Waals surface area contributed by atoms with Crippen LogP contribution < -0.4 is 0 Å². The maximum atomic E-state index is 12.3. The van der Waals surface area contributed by atoms with Crippen molar-refractivity contribution in [1.29, 1.82) is 0 Å². The molecule has 0 radical (unpaired) electrons. The molecule has 18 heavy (non-hydrogen) atoms. The maximum Gasteiger partial charge on any atom is 0.274 e. The zero-order valence-electron chi connectivity index (χ0n) is 10.5. The first-order chi connectivity index (χ1) is 8.54. The molecule has 0 spiro atoms. The van der Waals surface area contributed by atoms with E-state index in [4.69, 9.17) is 16.3 Å². The molecule has 98 valence electrons. The van der Waals surface area contributed by atoms with Crippen LogP contribution in [0.5, 0.6) is 0 Å². The van der Waals surface area contributed by atoms with Crippen molar-refractivity contribution in [3.63, 3.8) is 0 Å². The summed E-state index contributed by atoms with van der Waals surface area (Å²) >= 11 is 5.74. The van der Waals surface area contributed by atoms with Gasteiger partial charge in [-0.1, -0.05) is 11.6 Å². The van der Waals surface area contributed by atoms with E-state index in [-0.39, 0.29) is 22.4 Å². The minimum Gasteiger partial charge on any atom is -0.377 e. The highest BCUT2D eigenvalue weighted by Gasteiger charge is 2.33. The van der Waals surface area contributed by atoms with E-state index in [2.05, 4.69) is 9.97 Å². The number of likely N-dealkylation sites (tertiary alicyclic amines) is 1. The van der Waals surface area contributed by atoms with Gasteiger partial charge >= 0.3 is 0 Å². The van der Waals surface area contributed by atoms with Crippen LogP contribution in [0.15, 0.2) is 12.4 Å². The monoisotopic (exact) mass is 269 g/mol. The fraction of sp³-hybridized carbons (Fsp3) is 0.583. The van der Waals surface area contributed by atoms with Gasteiger partial charge in [-0.2, -0.15) is 0 Å². The second-order valence-electron chi connectivity index (χ2n) is 4.71. The average molecular weight is 270 g/mol. The Kier molecular flexibility index (Phi) is 3.82. The SMILES string of the molecule is COC1(C)CCCN(C(=O)c2cncc(Cl)n2)C1. The lowest BCUT2D eigenvalue weighted by molar-refractivity contribution is -0.0441. The first kappa shape index (κ1) is 13.2. The van der Waals surface area contributed by atoms with Crippen molar-refractivity contribution in [1.82, 2.24) is 14.9 Å². The van der Waals surface area contributed by atoms with Gasteiger partial charge in [0, 0.05) is 20.2 Å². The summed E-state index contributed by atoms with van der Waals surface area (Å²) in [6.07, 6.45) is 4.72. The molecule has 5 nitrogen and oxygen atoms in total. The van der Waals surface area contributed by atoms with Gasteiger partial charge in [0.05, 0.1) is 18.0 Å². The Morgan fingerprint density at radius 1 is 1.56 bits per heavy atom. The number of halogens is 1. The van der Waals surface area contributed by atoms with Crippen LogP contribution in [0, 0.1) is 0 Å². The molecule has 1 aliphatic rings. The van der Waals surface area contributed by atoms with Gasteiger partial charge in [-0.25, -0.2) is 4.98 Å². The van der Waals surface area contributed by atoms with Crippen molar-refractivity contribution >= 4 is 17.5 Å². The minimum atomic E-state index is -0.278. The summed E-state index contributed by atoms with van der Waals surface area (Å²) < 4.78 is 5.46. The Morgan fingerprint density at radius 3 is 3.00 bits per heavy atom. The van der Waals surface area contributed by atoms with Crippen molar-refractivity contribution in [3.8, 4) is 0 Å². The lowest BCUT2D eigenvalue weighted by atomic mass is 9.94. The van der Waals surface area contributed by atoms with Gasteiger partial charge in [-0.05, 0) is 19.8 Å². The molecule has 1 aromatic heterocycles. The van der Waals surface area contributed by atoms with Crippen LogP contribution in [-0.2, 0) is 4.74 Å². The third-order valence-electron chi connectivity index (χ3n) is 3.26. The van der Waals surface area contributed by atoms with E-state index in [9.17, 15) is 4.79 Å². The summed E-state index contributed by atoms with van der Waals surface area (Å²) in [4.78, 5) is 21.9. The number of piperidine rings is 1. The van der Waals surface area contributed by atoms with E-state index in [1.165, 1.54) is 12.4 Å². The van der Waals surface area contributed by atoms with Crippen molar-refractivity contribution in [3.05, 3.63) is 23.2 Å². The number of methoxy groups -OCH3 is 1. The Bertz CT molecular complexity index is 455. The molecular formula is C12H16ClN3O2. The number of hydrogen-bond acceptors (Lipinski definition) is 4. The minimum absolute atomic E-state index is 0.145. The van der Waals surface area contributed by atoms with Crippen LogP contribution in [0.1, 0.15) is 30.3 Å². The van der Waals surface area contributed by atoms with Gasteiger partial charge in [0.2, 0.25) is 0 Å². The number of carbonyl (C=O) groups excluding carboxylic acids is 1. The van der Waals surface area contributed by atoms with E-state index in [0.29, 0.717) is 13.1 Å². The van der Waals surface area contributed by atoms with Crippen molar-refractivity contribution in [2.45, 2.75) is 25.4 Å². The average Bonchev–Trinajstić information content (AvgIpc) is 2.38. The summed E-state index contributed by atoms with van der Waals surface area (Å²) in [6, 6.07) is 0.